The molecule has 0 bridgehead atoms. The Bertz CT molecular complexity index is 910. The number of hydrogen-bond donors (Lipinski definition) is 1. The first kappa shape index (κ1) is 11.1. The third kappa shape index (κ3) is 1.59. The molecule has 4 rings (SSSR count). The van der Waals surface area contributed by atoms with Crippen molar-refractivity contribution in [2.45, 2.75) is 6.61 Å². The molecule has 0 aliphatic carbocycles. The van der Waals surface area contributed by atoms with Crippen molar-refractivity contribution in [2.24, 2.45) is 0 Å². The van der Waals surface area contributed by atoms with E-state index >= 15 is 0 Å². The number of benzene rings is 1. The number of nitrogens with zero attached hydrogens (tertiary/aromatic N) is 4. The Balaban J connectivity index is 1.91. The summed E-state index contributed by atoms with van der Waals surface area (Å²) in [6.07, 6.45) is 3.04. The summed E-state index contributed by atoms with van der Waals surface area (Å²) in [6, 6.07) is 9.48. The zero-order chi connectivity index (χ0) is 13.5. The van der Waals surface area contributed by atoms with Crippen LogP contribution >= 0.6 is 0 Å². The van der Waals surface area contributed by atoms with Crippen LogP contribution in [0.3, 0.4) is 0 Å². The van der Waals surface area contributed by atoms with E-state index in [2.05, 4.69) is 15.1 Å². The molecule has 3 heterocycles. The Hall–Kier alpha value is -2.73. The summed E-state index contributed by atoms with van der Waals surface area (Å²) in [6.45, 7) is -0.0985. The second-order valence-corrected chi connectivity index (χ2v) is 4.43. The molecule has 6 heteroatoms. The summed E-state index contributed by atoms with van der Waals surface area (Å²) < 4.78 is 6.94. The molecule has 0 fully saturated rings. The van der Waals surface area contributed by atoms with Gasteiger partial charge in [0.15, 0.2) is 17.6 Å². The van der Waals surface area contributed by atoms with Crippen molar-refractivity contribution in [2.75, 3.05) is 0 Å². The SMILES string of the molecule is OCc1cnc2ccc(-c3ccc4ncoc4c3)nn12. The largest absolute Gasteiger partial charge is 0.443 e. The Morgan fingerprint density at radius 1 is 1.15 bits per heavy atom. The molecule has 1 aromatic carbocycles. The summed E-state index contributed by atoms with van der Waals surface area (Å²) in [4.78, 5) is 8.27. The van der Waals surface area contributed by atoms with Gasteiger partial charge >= 0.3 is 0 Å². The molecule has 0 spiro atoms. The Morgan fingerprint density at radius 3 is 3.00 bits per heavy atom. The van der Waals surface area contributed by atoms with Gasteiger partial charge in [0.25, 0.3) is 0 Å². The highest BCUT2D eigenvalue weighted by atomic mass is 16.3. The highest BCUT2D eigenvalue weighted by Crippen LogP contribution is 2.22. The topological polar surface area (TPSA) is 76.5 Å². The predicted octanol–water partition coefficient (Wildman–Crippen LogP) is 2.03. The maximum atomic E-state index is 9.28. The van der Waals surface area contributed by atoms with Gasteiger partial charge in [-0.05, 0) is 24.3 Å². The number of oxazole rings is 1. The van der Waals surface area contributed by atoms with Crippen LogP contribution in [0.5, 0.6) is 0 Å². The van der Waals surface area contributed by atoms with Crippen LogP contribution in [0.25, 0.3) is 28.0 Å². The smallest absolute Gasteiger partial charge is 0.181 e. The van der Waals surface area contributed by atoms with Crippen molar-refractivity contribution < 1.29 is 9.52 Å². The number of aliphatic hydroxyl groups excluding tert-OH is 1. The van der Waals surface area contributed by atoms with Gasteiger partial charge < -0.3 is 9.52 Å². The number of imidazole rings is 1. The summed E-state index contributed by atoms with van der Waals surface area (Å²) in [5, 5.41) is 13.8. The molecule has 0 saturated heterocycles. The highest BCUT2D eigenvalue weighted by Gasteiger charge is 2.08. The molecular weight excluding hydrogens is 256 g/mol. The van der Waals surface area contributed by atoms with E-state index in [4.69, 9.17) is 4.42 Å². The average molecular weight is 266 g/mol. The fraction of sp³-hybridized carbons (Fsp3) is 0.0714. The van der Waals surface area contributed by atoms with E-state index in [1.807, 2.05) is 30.3 Å². The minimum atomic E-state index is -0.0985. The summed E-state index contributed by atoms with van der Waals surface area (Å²) in [5.41, 5.74) is 4.60. The lowest BCUT2D eigenvalue weighted by atomic mass is 10.1. The van der Waals surface area contributed by atoms with Crippen LogP contribution in [0.2, 0.25) is 0 Å². The number of rotatable bonds is 2. The van der Waals surface area contributed by atoms with Gasteiger partial charge in [-0.25, -0.2) is 14.5 Å². The van der Waals surface area contributed by atoms with E-state index in [9.17, 15) is 5.11 Å². The molecule has 0 saturated carbocycles. The van der Waals surface area contributed by atoms with Crippen molar-refractivity contribution in [1.29, 1.82) is 0 Å². The lowest BCUT2D eigenvalue weighted by Gasteiger charge is -2.03. The van der Waals surface area contributed by atoms with E-state index in [-0.39, 0.29) is 6.61 Å². The lowest BCUT2D eigenvalue weighted by Crippen LogP contribution is -1.99. The molecule has 4 aromatic rings. The van der Waals surface area contributed by atoms with Crippen molar-refractivity contribution in [3.63, 3.8) is 0 Å². The molecule has 0 unspecified atom stereocenters. The Morgan fingerprint density at radius 2 is 2.10 bits per heavy atom. The number of hydrogen-bond acceptors (Lipinski definition) is 5. The van der Waals surface area contributed by atoms with Crippen LogP contribution < -0.4 is 0 Å². The number of aliphatic hydroxyl groups is 1. The van der Waals surface area contributed by atoms with Crippen molar-refractivity contribution in [3.05, 3.63) is 48.6 Å². The second kappa shape index (κ2) is 4.14. The zero-order valence-corrected chi connectivity index (χ0v) is 10.4. The third-order valence-corrected chi connectivity index (χ3v) is 3.22. The van der Waals surface area contributed by atoms with E-state index < -0.39 is 0 Å². The first-order valence-electron chi connectivity index (χ1n) is 6.13. The summed E-state index contributed by atoms with van der Waals surface area (Å²) in [5.74, 6) is 0. The highest BCUT2D eigenvalue weighted by molar-refractivity contribution is 5.78. The Labute approximate surface area is 113 Å². The van der Waals surface area contributed by atoms with Gasteiger partial charge in [0, 0.05) is 5.56 Å². The molecule has 6 nitrogen and oxygen atoms in total. The van der Waals surface area contributed by atoms with Crippen molar-refractivity contribution in [1.82, 2.24) is 19.6 Å². The third-order valence-electron chi connectivity index (χ3n) is 3.22. The van der Waals surface area contributed by atoms with Crippen LogP contribution in [0.15, 0.2) is 47.3 Å². The first-order chi connectivity index (χ1) is 9.85. The van der Waals surface area contributed by atoms with Crippen LogP contribution in [0, 0.1) is 0 Å². The monoisotopic (exact) mass is 266 g/mol. The minimum Gasteiger partial charge on any atom is -0.443 e. The molecule has 0 aliphatic heterocycles. The quantitative estimate of drug-likeness (QED) is 0.600. The van der Waals surface area contributed by atoms with Crippen LogP contribution in [0.1, 0.15) is 5.69 Å². The number of aromatic nitrogens is 4. The van der Waals surface area contributed by atoms with Crippen molar-refractivity contribution >= 4 is 16.7 Å². The normalized spacial score (nSPS) is 11.4. The molecule has 20 heavy (non-hydrogen) atoms. The average Bonchev–Trinajstić information content (AvgIpc) is 3.12. The lowest BCUT2D eigenvalue weighted by molar-refractivity contribution is 0.274. The van der Waals surface area contributed by atoms with Gasteiger partial charge in [-0.1, -0.05) is 6.07 Å². The van der Waals surface area contributed by atoms with Crippen molar-refractivity contribution in [3.8, 4) is 11.3 Å². The number of fused-ring (bicyclic) bond motifs is 2. The molecular formula is C14H10N4O2. The molecule has 0 radical (unpaired) electrons. The molecule has 0 amide bonds. The van der Waals surface area contributed by atoms with E-state index in [0.29, 0.717) is 11.3 Å². The standard InChI is InChI=1S/C14H10N4O2/c19-7-10-6-15-14-4-3-11(17-18(10)14)9-1-2-12-13(5-9)20-8-16-12/h1-6,8,19H,7H2. The summed E-state index contributed by atoms with van der Waals surface area (Å²) >= 11 is 0. The van der Waals surface area contributed by atoms with E-state index in [1.165, 1.54) is 6.39 Å². The zero-order valence-electron chi connectivity index (χ0n) is 10.4. The first-order valence-corrected chi connectivity index (χ1v) is 6.13. The minimum absolute atomic E-state index is 0.0985. The maximum absolute atomic E-state index is 9.28. The predicted molar refractivity (Wildman–Crippen MR) is 71.9 cm³/mol. The van der Waals surface area contributed by atoms with Crippen LogP contribution in [-0.4, -0.2) is 24.7 Å². The fourth-order valence-electron chi connectivity index (χ4n) is 2.20. The van der Waals surface area contributed by atoms with Gasteiger partial charge in [0.1, 0.15) is 5.52 Å². The van der Waals surface area contributed by atoms with E-state index in [1.54, 1.807) is 10.7 Å². The van der Waals surface area contributed by atoms with Crippen LogP contribution in [-0.2, 0) is 6.61 Å². The van der Waals surface area contributed by atoms with Gasteiger partial charge in [-0.15, -0.1) is 0 Å². The molecule has 1 N–H and O–H groups in total. The molecule has 0 aliphatic rings. The van der Waals surface area contributed by atoms with Crippen LogP contribution in [0.4, 0.5) is 0 Å². The van der Waals surface area contributed by atoms with E-state index in [0.717, 1.165) is 22.4 Å². The fourth-order valence-corrected chi connectivity index (χ4v) is 2.20. The van der Waals surface area contributed by atoms with Gasteiger partial charge in [0.05, 0.1) is 24.2 Å². The molecule has 3 aromatic heterocycles. The maximum Gasteiger partial charge on any atom is 0.181 e. The molecule has 98 valence electrons. The Kier molecular flexibility index (Phi) is 2.30. The van der Waals surface area contributed by atoms with Gasteiger partial charge in [-0.3, -0.25) is 0 Å². The van der Waals surface area contributed by atoms with Gasteiger partial charge in [-0.2, -0.15) is 5.10 Å². The van der Waals surface area contributed by atoms with Gasteiger partial charge in [0.2, 0.25) is 0 Å². The molecule has 0 atom stereocenters. The summed E-state index contributed by atoms with van der Waals surface area (Å²) in [7, 11) is 0. The second-order valence-electron chi connectivity index (χ2n) is 4.43.